The van der Waals surface area contributed by atoms with Crippen LogP contribution >= 0.6 is 11.5 Å². The molecule has 9 heteroatoms. The van der Waals surface area contributed by atoms with E-state index in [9.17, 15) is 4.79 Å². The predicted octanol–water partition coefficient (Wildman–Crippen LogP) is 4.56. The lowest BCUT2D eigenvalue weighted by atomic mass is 10.1. The van der Waals surface area contributed by atoms with Gasteiger partial charge in [-0.05, 0) is 53.5 Å². The lowest BCUT2D eigenvalue weighted by Crippen LogP contribution is -2.11. The van der Waals surface area contributed by atoms with Crippen molar-refractivity contribution in [3.05, 3.63) is 70.7 Å². The van der Waals surface area contributed by atoms with Crippen LogP contribution in [0.4, 0.5) is 5.69 Å². The molecule has 0 unspecified atom stereocenters. The molecule has 0 atom stereocenters. The third-order valence-electron chi connectivity index (χ3n) is 4.61. The number of nitrogens with one attached hydrogen (secondary N) is 1. The Kier molecular flexibility index (Phi) is 6.03. The van der Waals surface area contributed by atoms with E-state index in [1.807, 2.05) is 62.4 Å². The first-order chi connectivity index (χ1) is 15.0. The zero-order valence-electron chi connectivity index (χ0n) is 17.3. The molecule has 0 spiro atoms. The second kappa shape index (κ2) is 9.05. The number of hydrogen-bond donors (Lipinski definition) is 1. The smallest absolute Gasteiger partial charge is 0.269 e. The second-order valence-electron chi connectivity index (χ2n) is 7.21. The topological polar surface area (TPSA) is 103 Å². The summed E-state index contributed by atoms with van der Waals surface area (Å²) >= 11 is 1.06. The summed E-state index contributed by atoms with van der Waals surface area (Å²) < 4.78 is 14.4. The number of ether oxygens (including phenoxy) is 1. The van der Waals surface area contributed by atoms with E-state index in [2.05, 4.69) is 25.0 Å². The van der Waals surface area contributed by atoms with Gasteiger partial charge in [-0.1, -0.05) is 35.6 Å². The van der Waals surface area contributed by atoms with Crippen LogP contribution in [-0.4, -0.2) is 32.7 Å². The van der Waals surface area contributed by atoms with Gasteiger partial charge in [0.2, 0.25) is 5.89 Å². The molecule has 4 rings (SSSR count). The fourth-order valence-corrected chi connectivity index (χ4v) is 3.51. The van der Waals surface area contributed by atoms with Gasteiger partial charge in [0.05, 0.1) is 7.11 Å². The second-order valence-corrected chi connectivity index (χ2v) is 7.96. The van der Waals surface area contributed by atoms with Crippen molar-refractivity contribution in [2.45, 2.75) is 26.2 Å². The van der Waals surface area contributed by atoms with Gasteiger partial charge in [-0.15, -0.1) is 5.10 Å². The first kappa shape index (κ1) is 20.7. The maximum absolute atomic E-state index is 12.8. The van der Waals surface area contributed by atoms with E-state index in [1.165, 1.54) is 0 Å². The van der Waals surface area contributed by atoms with Crippen molar-refractivity contribution >= 4 is 23.1 Å². The van der Waals surface area contributed by atoms with E-state index >= 15 is 0 Å². The molecule has 1 N–H and O–H groups in total. The highest BCUT2D eigenvalue weighted by Gasteiger charge is 2.18. The van der Waals surface area contributed by atoms with Crippen molar-refractivity contribution in [2.75, 3.05) is 12.4 Å². The van der Waals surface area contributed by atoms with Gasteiger partial charge in [-0.2, -0.15) is 4.98 Å². The van der Waals surface area contributed by atoms with Gasteiger partial charge >= 0.3 is 0 Å². The Hall–Kier alpha value is -3.59. The van der Waals surface area contributed by atoms with Crippen LogP contribution in [0.5, 0.6) is 5.75 Å². The summed E-state index contributed by atoms with van der Waals surface area (Å²) in [6.07, 6.45) is 0.560. The summed E-state index contributed by atoms with van der Waals surface area (Å²) in [5, 5.41) is 11.0. The molecule has 0 fully saturated rings. The summed E-state index contributed by atoms with van der Waals surface area (Å²) in [5.41, 5.74) is 3.04. The number of benzene rings is 2. The molecular weight excluding hydrogens is 414 g/mol. The van der Waals surface area contributed by atoms with Gasteiger partial charge in [-0.25, -0.2) is 0 Å². The number of aromatic nitrogens is 4. The number of carbonyl (C=O) groups excluding carboxylic acids is 1. The van der Waals surface area contributed by atoms with E-state index in [-0.39, 0.29) is 11.8 Å². The van der Waals surface area contributed by atoms with Crippen molar-refractivity contribution in [1.82, 2.24) is 19.7 Å². The Morgan fingerprint density at radius 1 is 1.13 bits per heavy atom. The summed E-state index contributed by atoms with van der Waals surface area (Å²) in [6, 6.07) is 14.9. The Balaban J connectivity index is 1.44. The minimum absolute atomic E-state index is 0.197. The summed E-state index contributed by atoms with van der Waals surface area (Å²) in [7, 11) is 1.61. The number of carbonyl (C=O) groups is 1. The number of hydrogen-bond acceptors (Lipinski definition) is 8. The van der Waals surface area contributed by atoms with E-state index in [4.69, 9.17) is 9.26 Å². The maximum Gasteiger partial charge on any atom is 0.269 e. The van der Waals surface area contributed by atoms with Crippen molar-refractivity contribution in [2.24, 2.45) is 0 Å². The van der Waals surface area contributed by atoms with Gasteiger partial charge in [-0.3, -0.25) is 4.79 Å². The lowest BCUT2D eigenvalue weighted by Gasteiger charge is -2.06. The number of methoxy groups -OCH3 is 1. The molecule has 1 amide bonds. The number of anilines is 1. The van der Waals surface area contributed by atoms with Crippen LogP contribution in [0, 0.1) is 0 Å². The van der Waals surface area contributed by atoms with E-state index in [0.717, 1.165) is 28.4 Å². The lowest BCUT2D eigenvalue weighted by molar-refractivity contribution is 0.103. The van der Waals surface area contributed by atoms with Crippen LogP contribution in [0.3, 0.4) is 0 Å². The Morgan fingerprint density at radius 2 is 1.87 bits per heavy atom. The van der Waals surface area contributed by atoms with Gasteiger partial charge in [0.25, 0.3) is 5.91 Å². The van der Waals surface area contributed by atoms with E-state index in [1.54, 1.807) is 7.11 Å². The zero-order valence-corrected chi connectivity index (χ0v) is 18.1. The molecule has 31 heavy (non-hydrogen) atoms. The average molecular weight is 436 g/mol. The normalized spacial score (nSPS) is 11.0. The number of amides is 1. The molecule has 0 aliphatic heterocycles. The van der Waals surface area contributed by atoms with Gasteiger partial charge in [0.1, 0.15) is 16.3 Å². The number of nitrogens with zero attached hydrogens (tertiary/aromatic N) is 4. The third kappa shape index (κ3) is 4.77. The van der Waals surface area contributed by atoms with Gasteiger partial charge in [0, 0.05) is 23.6 Å². The zero-order chi connectivity index (χ0) is 21.8. The van der Waals surface area contributed by atoms with E-state index < -0.39 is 0 Å². The molecule has 0 bridgehead atoms. The van der Waals surface area contributed by atoms with Crippen LogP contribution < -0.4 is 10.1 Å². The average Bonchev–Trinajstić information content (AvgIpc) is 3.45. The molecule has 0 aliphatic carbocycles. The fourth-order valence-electron chi connectivity index (χ4n) is 2.93. The van der Waals surface area contributed by atoms with Crippen LogP contribution in [0.15, 0.2) is 53.1 Å². The van der Waals surface area contributed by atoms with Gasteiger partial charge < -0.3 is 14.6 Å². The Morgan fingerprint density at radius 3 is 2.52 bits per heavy atom. The Bertz CT molecular complexity index is 1170. The van der Waals surface area contributed by atoms with E-state index in [0.29, 0.717) is 34.4 Å². The largest absolute Gasteiger partial charge is 0.497 e. The maximum atomic E-state index is 12.8. The monoisotopic (exact) mass is 435 g/mol. The van der Waals surface area contributed by atoms with Crippen LogP contribution in [0.25, 0.3) is 11.3 Å². The van der Waals surface area contributed by atoms with Crippen molar-refractivity contribution < 1.29 is 14.1 Å². The van der Waals surface area contributed by atoms with Crippen LogP contribution in [0.2, 0.25) is 0 Å². The van der Waals surface area contributed by atoms with Crippen LogP contribution in [-0.2, 0) is 6.42 Å². The fraction of sp³-hybridized carbons (Fsp3) is 0.227. The molecule has 0 saturated carbocycles. The van der Waals surface area contributed by atoms with Crippen molar-refractivity contribution in [3.8, 4) is 17.0 Å². The minimum atomic E-state index is -0.256. The van der Waals surface area contributed by atoms with Gasteiger partial charge in [0.15, 0.2) is 5.82 Å². The molecule has 2 aromatic heterocycles. The predicted molar refractivity (Wildman–Crippen MR) is 117 cm³/mol. The molecule has 2 heterocycles. The van der Waals surface area contributed by atoms with Crippen molar-refractivity contribution in [1.29, 1.82) is 0 Å². The van der Waals surface area contributed by atoms with Crippen LogP contribution in [0.1, 0.15) is 46.7 Å². The summed E-state index contributed by atoms with van der Waals surface area (Å²) in [6.45, 7) is 4.01. The van der Waals surface area contributed by atoms with Crippen molar-refractivity contribution in [3.63, 3.8) is 0 Å². The minimum Gasteiger partial charge on any atom is -0.497 e. The molecule has 2 aromatic carbocycles. The number of rotatable bonds is 7. The SMILES string of the molecule is COc1ccc(-c2nnsc2C(=O)Nc2ccc(Cc3noc(C(C)C)n3)cc2)cc1. The molecule has 0 radical (unpaired) electrons. The standard InChI is InChI=1S/C22H21N5O3S/c1-13(2)22-24-18(26-30-22)12-14-4-8-16(9-5-14)23-21(28)20-19(25-27-31-20)15-6-10-17(29-3)11-7-15/h4-11,13H,12H2,1-3H3,(H,23,28). The summed E-state index contributed by atoms with van der Waals surface area (Å²) in [5.74, 6) is 1.94. The highest BCUT2D eigenvalue weighted by Crippen LogP contribution is 2.26. The highest BCUT2D eigenvalue weighted by molar-refractivity contribution is 7.08. The molecule has 4 aromatic rings. The molecular formula is C22H21N5O3S. The molecule has 158 valence electrons. The molecule has 0 aliphatic rings. The third-order valence-corrected chi connectivity index (χ3v) is 5.33. The first-order valence-corrected chi connectivity index (χ1v) is 10.5. The quantitative estimate of drug-likeness (QED) is 0.454. The summed E-state index contributed by atoms with van der Waals surface area (Å²) in [4.78, 5) is 17.6. The first-order valence-electron chi connectivity index (χ1n) is 9.73. The Labute approximate surface area is 183 Å². The molecule has 8 nitrogen and oxygen atoms in total. The molecule has 0 saturated heterocycles. The highest BCUT2D eigenvalue weighted by atomic mass is 32.1.